The van der Waals surface area contributed by atoms with Gasteiger partial charge in [0.05, 0.1) is 11.3 Å². The van der Waals surface area contributed by atoms with Gasteiger partial charge in [0.25, 0.3) is 5.91 Å². The second-order valence-electron chi connectivity index (χ2n) is 6.81. The first kappa shape index (κ1) is 21.1. The van der Waals surface area contributed by atoms with Crippen molar-refractivity contribution in [2.45, 2.75) is 32.7 Å². The molecule has 150 valence electrons. The number of hydrogen-bond acceptors (Lipinski definition) is 4. The van der Waals surface area contributed by atoms with Crippen LogP contribution in [0.2, 0.25) is 0 Å². The summed E-state index contributed by atoms with van der Waals surface area (Å²) in [5.74, 6) is -3.51. The zero-order valence-electron chi connectivity index (χ0n) is 15.5. The predicted octanol–water partition coefficient (Wildman–Crippen LogP) is 3.55. The standard InChI is InChI=1S/C20H22F2N2O4/c1-11(2)3-7-17(20(28)23-16-8-4-12(21)9-18(16)26)24-19(27)14-10-13(25)5-6-15(14)22/h4-6,8-11,17,25-26H,3,7H2,1-2H3,(H,23,28)(H,24,27). The van der Waals surface area contributed by atoms with Crippen LogP contribution in [0.3, 0.4) is 0 Å². The maximum atomic E-state index is 13.9. The highest BCUT2D eigenvalue weighted by Gasteiger charge is 2.24. The number of phenols is 2. The fourth-order valence-corrected chi connectivity index (χ4v) is 2.52. The van der Waals surface area contributed by atoms with Crippen molar-refractivity contribution >= 4 is 17.5 Å². The molecule has 0 aromatic heterocycles. The van der Waals surface area contributed by atoms with Crippen molar-refractivity contribution in [2.24, 2.45) is 5.92 Å². The molecule has 0 aliphatic carbocycles. The van der Waals surface area contributed by atoms with Crippen LogP contribution in [0.15, 0.2) is 36.4 Å². The molecule has 0 radical (unpaired) electrons. The highest BCUT2D eigenvalue weighted by molar-refractivity contribution is 6.01. The number of rotatable bonds is 7. The second kappa shape index (κ2) is 9.16. The van der Waals surface area contributed by atoms with Gasteiger partial charge >= 0.3 is 0 Å². The Morgan fingerprint density at radius 1 is 1.04 bits per heavy atom. The molecular weight excluding hydrogens is 370 g/mol. The SMILES string of the molecule is CC(C)CCC(NC(=O)c1cc(O)ccc1F)C(=O)Nc1ccc(F)cc1O. The summed E-state index contributed by atoms with van der Waals surface area (Å²) in [7, 11) is 0. The second-order valence-corrected chi connectivity index (χ2v) is 6.81. The summed E-state index contributed by atoms with van der Waals surface area (Å²) in [6.07, 6.45) is 0.855. The first-order valence-electron chi connectivity index (χ1n) is 8.76. The normalized spacial score (nSPS) is 11.9. The van der Waals surface area contributed by atoms with Gasteiger partial charge in [0.15, 0.2) is 0 Å². The van der Waals surface area contributed by atoms with Crippen LogP contribution in [0, 0.1) is 17.6 Å². The van der Waals surface area contributed by atoms with Gasteiger partial charge in [0.2, 0.25) is 5.91 Å². The van der Waals surface area contributed by atoms with Gasteiger partial charge in [-0.1, -0.05) is 13.8 Å². The van der Waals surface area contributed by atoms with Gasteiger partial charge in [-0.3, -0.25) is 9.59 Å². The molecule has 8 heteroatoms. The molecule has 2 aromatic carbocycles. The lowest BCUT2D eigenvalue weighted by Gasteiger charge is -2.20. The van der Waals surface area contributed by atoms with E-state index < -0.39 is 40.8 Å². The van der Waals surface area contributed by atoms with E-state index >= 15 is 0 Å². The monoisotopic (exact) mass is 392 g/mol. The number of hydrogen-bond donors (Lipinski definition) is 4. The van der Waals surface area contributed by atoms with E-state index in [-0.39, 0.29) is 23.8 Å². The van der Waals surface area contributed by atoms with Gasteiger partial charge in [-0.15, -0.1) is 0 Å². The molecule has 0 aliphatic heterocycles. The van der Waals surface area contributed by atoms with Crippen LogP contribution in [0.1, 0.15) is 37.0 Å². The number of carbonyl (C=O) groups excluding carboxylic acids is 2. The van der Waals surface area contributed by atoms with Gasteiger partial charge in [0.1, 0.15) is 29.2 Å². The highest BCUT2D eigenvalue weighted by atomic mass is 19.1. The lowest BCUT2D eigenvalue weighted by atomic mass is 10.0. The molecule has 0 bridgehead atoms. The quantitative estimate of drug-likeness (QED) is 0.542. The third-order valence-corrected chi connectivity index (χ3v) is 4.07. The summed E-state index contributed by atoms with van der Waals surface area (Å²) in [6.45, 7) is 3.88. The van der Waals surface area contributed by atoms with Crippen LogP contribution in [0.25, 0.3) is 0 Å². The molecule has 2 amide bonds. The minimum absolute atomic E-state index is 0.0151. The van der Waals surface area contributed by atoms with Crippen LogP contribution < -0.4 is 10.6 Å². The maximum absolute atomic E-state index is 13.9. The van der Waals surface area contributed by atoms with E-state index in [1.54, 1.807) is 0 Å². The van der Waals surface area contributed by atoms with E-state index in [1.165, 1.54) is 6.07 Å². The van der Waals surface area contributed by atoms with Gasteiger partial charge in [-0.2, -0.15) is 0 Å². The highest BCUT2D eigenvalue weighted by Crippen LogP contribution is 2.24. The van der Waals surface area contributed by atoms with Crippen LogP contribution in [-0.2, 0) is 4.79 Å². The number of anilines is 1. The van der Waals surface area contributed by atoms with Gasteiger partial charge in [-0.05, 0) is 49.1 Å². The number of amides is 2. The van der Waals surface area contributed by atoms with Crippen LogP contribution in [0.5, 0.6) is 11.5 Å². The molecule has 0 aliphatic rings. The van der Waals surface area contributed by atoms with E-state index in [9.17, 15) is 28.6 Å². The van der Waals surface area contributed by atoms with E-state index in [4.69, 9.17) is 0 Å². The average Bonchev–Trinajstić information content (AvgIpc) is 2.62. The minimum Gasteiger partial charge on any atom is -0.508 e. The molecule has 1 unspecified atom stereocenters. The summed E-state index contributed by atoms with van der Waals surface area (Å²) in [5, 5.41) is 24.1. The van der Waals surface area contributed by atoms with Crippen LogP contribution in [-0.4, -0.2) is 28.1 Å². The van der Waals surface area contributed by atoms with Gasteiger partial charge < -0.3 is 20.8 Å². The molecule has 2 rings (SSSR count). The fraction of sp³-hybridized carbons (Fsp3) is 0.300. The van der Waals surface area contributed by atoms with Crippen molar-refractivity contribution in [1.29, 1.82) is 0 Å². The van der Waals surface area contributed by atoms with Gasteiger partial charge in [-0.25, -0.2) is 8.78 Å². The van der Waals surface area contributed by atoms with Gasteiger partial charge in [0, 0.05) is 6.07 Å². The van der Waals surface area contributed by atoms with E-state index in [1.807, 2.05) is 13.8 Å². The van der Waals surface area contributed by atoms with Crippen molar-refractivity contribution in [3.63, 3.8) is 0 Å². The molecule has 6 nitrogen and oxygen atoms in total. The van der Waals surface area contributed by atoms with Crippen molar-refractivity contribution < 1.29 is 28.6 Å². The van der Waals surface area contributed by atoms with E-state index in [0.29, 0.717) is 6.42 Å². The third kappa shape index (κ3) is 5.67. The molecule has 28 heavy (non-hydrogen) atoms. The molecule has 0 fully saturated rings. The van der Waals surface area contributed by atoms with Crippen molar-refractivity contribution in [3.8, 4) is 11.5 Å². The predicted molar refractivity (Wildman–Crippen MR) is 100 cm³/mol. The van der Waals surface area contributed by atoms with Crippen LogP contribution in [0.4, 0.5) is 14.5 Å². The van der Waals surface area contributed by atoms with Crippen molar-refractivity contribution in [1.82, 2.24) is 5.32 Å². The molecule has 2 aromatic rings. The van der Waals surface area contributed by atoms with E-state index in [2.05, 4.69) is 10.6 Å². The molecule has 0 saturated heterocycles. The summed E-state index contributed by atoms with van der Waals surface area (Å²) in [4.78, 5) is 25.0. The number of halogens is 2. The Hall–Kier alpha value is -3.16. The Kier molecular flexibility index (Phi) is 6.92. The molecule has 0 saturated carbocycles. The Morgan fingerprint density at radius 3 is 2.39 bits per heavy atom. The van der Waals surface area contributed by atoms with Crippen molar-refractivity contribution in [3.05, 3.63) is 53.6 Å². The third-order valence-electron chi connectivity index (χ3n) is 4.07. The lowest BCUT2D eigenvalue weighted by molar-refractivity contribution is -0.118. The lowest BCUT2D eigenvalue weighted by Crippen LogP contribution is -2.44. The van der Waals surface area contributed by atoms with E-state index in [0.717, 1.165) is 30.3 Å². The molecule has 0 heterocycles. The Bertz CT molecular complexity index is 871. The molecular formula is C20H22F2N2O4. The Balaban J connectivity index is 2.19. The number of carbonyl (C=O) groups is 2. The summed E-state index contributed by atoms with van der Waals surface area (Å²) >= 11 is 0. The largest absolute Gasteiger partial charge is 0.508 e. The first-order valence-corrected chi connectivity index (χ1v) is 8.76. The Labute approximate surface area is 161 Å². The van der Waals surface area contributed by atoms with Crippen molar-refractivity contribution in [2.75, 3.05) is 5.32 Å². The number of aromatic hydroxyl groups is 2. The summed E-state index contributed by atoms with van der Waals surface area (Å²) < 4.78 is 27.0. The van der Waals surface area contributed by atoms with Crippen LogP contribution >= 0.6 is 0 Å². The first-order chi connectivity index (χ1) is 13.2. The number of benzene rings is 2. The molecule has 4 N–H and O–H groups in total. The number of nitrogens with one attached hydrogen (secondary N) is 2. The molecule has 1 atom stereocenters. The topological polar surface area (TPSA) is 98.7 Å². The Morgan fingerprint density at radius 2 is 1.75 bits per heavy atom. The fourth-order valence-electron chi connectivity index (χ4n) is 2.52. The summed E-state index contributed by atoms with van der Waals surface area (Å²) in [6, 6.07) is 5.10. The summed E-state index contributed by atoms with van der Waals surface area (Å²) in [5.41, 5.74) is -0.411. The zero-order valence-corrected chi connectivity index (χ0v) is 15.5. The average molecular weight is 392 g/mol. The minimum atomic E-state index is -1.03. The zero-order chi connectivity index (χ0) is 20.8. The number of phenolic OH excluding ortho intramolecular Hbond substituents is 2. The maximum Gasteiger partial charge on any atom is 0.255 e. The molecule has 0 spiro atoms. The smallest absolute Gasteiger partial charge is 0.255 e.